The van der Waals surface area contributed by atoms with E-state index in [2.05, 4.69) is 62.0 Å². The van der Waals surface area contributed by atoms with Gasteiger partial charge in [-0.3, -0.25) is 4.90 Å². The quantitative estimate of drug-likeness (QED) is 0.895. The lowest BCUT2D eigenvalue weighted by Crippen LogP contribution is -2.41. The summed E-state index contributed by atoms with van der Waals surface area (Å²) in [6, 6.07) is 9.91. The van der Waals surface area contributed by atoms with E-state index in [-0.39, 0.29) is 6.04 Å². The Morgan fingerprint density at radius 2 is 2.05 bits per heavy atom. The highest BCUT2D eigenvalue weighted by Crippen LogP contribution is 2.31. The van der Waals surface area contributed by atoms with E-state index in [0.717, 1.165) is 19.5 Å². The van der Waals surface area contributed by atoms with Crippen LogP contribution in [0.15, 0.2) is 24.3 Å². The molecule has 3 heteroatoms. The zero-order valence-corrected chi connectivity index (χ0v) is 13.3. The number of likely N-dealkylation sites (tertiary alicyclic amines) is 1. The lowest BCUT2D eigenvalue weighted by molar-refractivity contribution is 0.189. The molecule has 0 spiro atoms. The predicted molar refractivity (Wildman–Crippen MR) is 85.9 cm³/mol. The smallest absolute Gasteiger partial charge is 0.0502 e. The Morgan fingerprint density at radius 1 is 1.35 bits per heavy atom. The highest BCUT2D eigenvalue weighted by molar-refractivity contribution is 5.30. The van der Waals surface area contributed by atoms with E-state index in [9.17, 15) is 0 Å². The van der Waals surface area contributed by atoms with E-state index < -0.39 is 0 Å². The molecule has 1 heterocycles. The van der Waals surface area contributed by atoms with Gasteiger partial charge in [0.15, 0.2) is 0 Å². The maximum Gasteiger partial charge on any atom is 0.0502 e. The van der Waals surface area contributed by atoms with Crippen molar-refractivity contribution in [2.75, 3.05) is 27.2 Å². The minimum absolute atomic E-state index is 0.206. The van der Waals surface area contributed by atoms with E-state index in [0.29, 0.717) is 12.1 Å². The monoisotopic (exact) mass is 275 g/mol. The second-order valence-electron chi connectivity index (χ2n) is 6.27. The Balaban J connectivity index is 2.24. The standard InChI is InChI=1S/C17H29N3/c1-5-16(18)17(15-9-7-6-8-13(15)2)20-11-10-14(12-20)19(3)4/h6-9,14,16-17H,5,10-12,18H2,1-4H3. The summed E-state index contributed by atoms with van der Waals surface area (Å²) in [5.74, 6) is 0. The molecule has 3 atom stereocenters. The molecule has 0 bridgehead atoms. The average molecular weight is 275 g/mol. The van der Waals surface area contributed by atoms with Crippen LogP contribution in [-0.4, -0.2) is 49.1 Å². The lowest BCUT2D eigenvalue weighted by atomic mass is 9.93. The molecule has 0 saturated carbocycles. The molecule has 1 aromatic rings. The molecule has 3 nitrogen and oxygen atoms in total. The third-order valence-corrected chi connectivity index (χ3v) is 4.70. The van der Waals surface area contributed by atoms with Crippen LogP contribution in [0.3, 0.4) is 0 Å². The number of nitrogens with zero attached hydrogens (tertiary/aromatic N) is 2. The van der Waals surface area contributed by atoms with Crippen LogP contribution in [0.4, 0.5) is 0 Å². The van der Waals surface area contributed by atoms with Crippen LogP contribution >= 0.6 is 0 Å². The largest absolute Gasteiger partial charge is 0.326 e. The molecule has 112 valence electrons. The van der Waals surface area contributed by atoms with Crippen LogP contribution in [0.2, 0.25) is 0 Å². The molecular weight excluding hydrogens is 246 g/mol. The van der Waals surface area contributed by atoms with E-state index in [1.165, 1.54) is 17.5 Å². The van der Waals surface area contributed by atoms with E-state index in [4.69, 9.17) is 5.73 Å². The maximum absolute atomic E-state index is 6.46. The van der Waals surface area contributed by atoms with Gasteiger partial charge in [-0.05, 0) is 45.0 Å². The van der Waals surface area contributed by atoms with Gasteiger partial charge in [-0.15, -0.1) is 0 Å². The van der Waals surface area contributed by atoms with Crippen molar-refractivity contribution in [1.82, 2.24) is 9.80 Å². The molecule has 1 aliphatic heterocycles. The van der Waals surface area contributed by atoms with Crippen LogP contribution in [0.1, 0.15) is 36.9 Å². The summed E-state index contributed by atoms with van der Waals surface area (Å²) in [4.78, 5) is 4.92. The summed E-state index contributed by atoms with van der Waals surface area (Å²) >= 11 is 0. The topological polar surface area (TPSA) is 32.5 Å². The van der Waals surface area contributed by atoms with E-state index in [1.807, 2.05) is 0 Å². The van der Waals surface area contributed by atoms with Crippen molar-refractivity contribution in [3.05, 3.63) is 35.4 Å². The molecule has 1 aromatic carbocycles. The Bertz CT molecular complexity index is 430. The Labute approximate surface area is 123 Å². The van der Waals surface area contributed by atoms with Gasteiger partial charge in [-0.25, -0.2) is 0 Å². The normalized spacial score (nSPS) is 23.2. The van der Waals surface area contributed by atoms with Gasteiger partial charge in [0.05, 0.1) is 6.04 Å². The second kappa shape index (κ2) is 6.70. The number of hydrogen-bond donors (Lipinski definition) is 1. The molecule has 1 saturated heterocycles. The SMILES string of the molecule is CCC(N)C(c1ccccc1C)N1CCC(N(C)C)C1. The van der Waals surface area contributed by atoms with Crippen LogP contribution in [0, 0.1) is 6.92 Å². The van der Waals surface area contributed by atoms with E-state index in [1.54, 1.807) is 0 Å². The first-order chi connectivity index (χ1) is 9.54. The minimum Gasteiger partial charge on any atom is -0.326 e. The summed E-state index contributed by atoms with van der Waals surface area (Å²) < 4.78 is 0. The number of benzene rings is 1. The molecule has 0 aliphatic carbocycles. The first-order valence-corrected chi connectivity index (χ1v) is 7.76. The molecule has 0 amide bonds. The molecule has 20 heavy (non-hydrogen) atoms. The summed E-state index contributed by atoms with van der Waals surface area (Å²) in [6.45, 7) is 6.66. The van der Waals surface area contributed by atoms with Gasteiger partial charge in [0, 0.05) is 25.2 Å². The highest BCUT2D eigenvalue weighted by Gasteiger charge is 2.33. The van der Waals surface area contributed by atoms with Gasteiger partial charge < -0.3 is 10.6 Å². The van der Waals surface area contributed by atoms with Crippen molar-refractivity contribution in [3.63, 3.8) is 0 Å². The molecule has 0 radical (unpaired) electrons. The fourth-order valence-electron chi connectivity index (χ4n) is 3.28. The number of rotatable bonds is 5. The zero-order valence-electron chi connectivity index (χ0n) is 13.3. The summed E-state index contributed by atoms with van der Waals surface area (Å²) in [7, 11) is 4.35. The fourth-order valence-corrected chi connectivity index (χ4v) is 3.28. The lowest BCUT2D eigenvalue weighted by Gasteiger charge is -2.34. The molecule has 0 aromatic heterocycles. The summed E-state index contributed by atoms with van der Waals surface area (Å²) in [5.41, 5.74) is 9.22. The first-order valence-electron chi connectivity index (χ1n) is 7.76. The van der Waals surface area contributed by atoms with Gasteiger partial charge in [-0.1, -0.05) is 31.2 Å². The molecular formula is C17H29N3. The van der Waals surface area contributed by atoms with Crippen LogP contribution in [-0.2, 0) is 0 Å². The third kappa shape index (κ3) is 3.22. The van der Waals surface area contributed by atoms with Gasteiger partial charge in [0.2, 0.25) is 0 Å². The van der Waals surface area contributed by atoms with Crippen LogP contribution in [0.5, 0.6) is 0 Å². The van der Waals surface area contributed by atoms with Crippen molar-refractivity contribution in [2.45, 2.75) is 44.8 Å². The predicted octanol–water partition coefficient (Wildman–Crippen LogP) is 2.41. The van der Waals surface area contributed by atoms with Crippen LogP contribution in [0.25, 0.3) is 0 Å². The molecule has 2 N–H and O–H groups in total. The summed E-state index contributed by atoms with van der Waals surface area (Å²) in [5, 5.41) is 0. The number of hydrogen-bond acceptors (Lipinski definition) is 3. The van der Waals surface area contributed by atoms with Crippen molar-refractivity contribution >= 4 is 0 Å². The van der Waals surface area contributed by atoms with Crippen molar-refractivity contribution in [2.24, 2.45) is 5.73 Å². The Hall–Kier alpha value is -0.900. The molecule has 1 fully saturated rings. The molecule has 3 unspecified atom stereocenters. The molecule has 1 aliphatic rings. The first kappa shape index (κ1) is 15.5. The van der Waals surface area contributed by atoms with Crippen molar-refractivity contribution < 1.29 is 0 Å². The third-order valence-electron chi connectivity index (χ3n) is 4.70. The van der Waals surface area contributed by atoms with Crippen LogP contribution < -0.4 is 5.73 Å². The van der Waals surface area contributed by atoms with Gasteiger partial charge in [-0.2, -0.15) is 0 Å². The highest BCUT2D eigenvalue weighted by atomic mass is 15.3. The van der Waals surface area contributed by atoms with E-state index >= 15 is 0 Å². The summed E-state index contributed by atoms with van der Waals surface area (Å²) in [6.07, 6.45) is 2.26. The van der Waals surface area contributed by atoms with Crippen molar-refractivity contribution in [3.8, 4) is 0 Å². The second-order valence-corrected chi connectivity index (χ2v) is 6.27. The van der Waals surface area contributed by atoms with Crippen molar-refractivity contribution in [1.29, 1.82) is 0 Å². The average Bonchev–Trinajstić information content (AvgIpc) is 2.90. The van der Waals surface area contributed by atoms with Gasteiger partial charge in [0.1, 0.15) is 0 Å². The maximum atomic E-state index is 6.46. The Morgan fingerprint density at radius 3 is 2.60 bits per heavy atom. The Kier molecular flexibility index (Phi) is 5.19. The zero-order chi connectivity index (χ0) is 14.7. The van der Waals surface area contributed by atoms with Gasteiger partial charge >= 0.3 is 0 Å². The van der Waals surface area contributed by atoms with Gasteiger partial charge in [0.25, 0.3) is 0 Å². The number of aryl methyl sites for hydroxylation is 1. The minimum atomic E-state index is 0.206. The number of likely N-dealkylation sites (N-methyl/N-ethyl adjacent to an activating group) is 1. The fraction of sp³-hybridized carbons (Fsp3) is 0.647. The molecule has 2 rings (SSSR count). The number of nitrogens with two attached hydrogens (primary N) is 1.